The van der Waals surface area contributed by atoms with Crippen LogP contribution in [0.1, 0.15) is 67.2 Å². The van der Waals surface area contributed by atoms with Crippen molar-refractivity contribution in [1.29, 1.82) is 0 Å². The third-order valence-corrected chi connectivity index (χ3v) is 8.72. The molecule has 1 heterocycles. The Bertz CT molecular complexity index is 2080. The van der Waals surface area contributed by atoms with Gasteiger partial charge in [-0.15, -0.1) is 0 Å². The van der Waals surface area contributed by atoms with Crippen LogP contribution in [0.4, 0.5) is 11.4 Å². The molecule has 2 N–H and O–H groups in total. The van der Waals surface area contributed by atoms with Crippen molar-refractivity contribution >= 4 is 35.1 Å². The highest BCUT2D eigenvalue weighted by Crippen LogP contribution is 2.36. The molecule has 246 valence electrons. The van der Waals surface area contributed by atoms with E-state index in [2.05, 4.69) is 31.3 Å². The Hall–Kier alpha value is -6.22. The second-order valence-corrected chi connectivity index (χ2v) is 12.4. The topological polar surface area (TPSA) is 122 Å². The number of hydrogen-bond acceptors (Lipinski definition) is 6. The molecule has 0 fully saturated rings. The van der Waals surface area contributed by atoms with E-state index in [9.17, 15) is 24.3 Å². The van der Waals surface area contributed by atoms with Crippen LogP contribution in [0.15, 0.2) is 109 Å². The first-order valence-corrected chi connectivity index (χ1v) is 15.6. The minimum atomic E-state index is -1.04. The third-order valence-electron chi connectivity index (χ3n) is 8.72. The molecular weight excluding hydrogens is 620 g/mol. The molecule has 1 aliphatic rings. The Kier molecular flexibility index (Phi) is 8.76. The van der Waals surface area contributed by atoms with E-state index in [0.29, 0.717) is 28.4 Å². The Morgan fingerprint density at radius 2 is 1.33 bits per heavy atom. The Morgan fingerprint density at radius 1 is 0.735 bits per heavy atom. The molecule has 49 heavy (non-hydrogen) atoms. The first-order chi connectivity index (χ1) is 23.4. The molecule has 5 aromatic rings. The average Bonchev–Trinajstić information content (AvgIpc) is 3.34. The second-order valence-electron chi connectivity index (χ2n) is 12.4. The van der Waals surface area contributed by atoms with Crippen molar-refractivity contribution in [1.82, 2.24) is 0 Å². The SMILES string of the molecule is COc1ccc(C(C)(C)c2ccc(Oc3ccc4c(c3)C(=O)N(c3ccc(NC(=O)c5cc(C)ccc5CC(=O)O)cc3)C4=O)cc2)cc1. The van der Waals surface area contributed by atoms with Gasteiger partial charge < -0.3 is 19.9 Å². The first-order valence-electron chi connectivity index (χ1n) is 15.6. The van der Waals surface area contributed by atoms with Crippen molar-refractivity contribution in [3.8, 4) is 17.2 Å². The lowest BCUT2D eigenvalue weighted by Crippen LogP contribution is -2.29. The zero-order valence-corrected chi connectivity index (χ0v) is 27.4. The van der Waals surface area contributed by atoms with Gasteiger partial charge in [0.05, 0.1) is 30.3 Å². The van der Waals surface area contributed by atoms with Crippen LogP contribution in [0.2, 0.25) is 0 Å². The van der Waals surface area contributed by atoms with Gasteiger partial charge in [0, 0.05) is 16.7 Å². The Balaban J connectivity index is 1.14. The van der Waals surface area contributed by atoms with Crippen molar-refractivity contribution in [3.63, 3.8) is 0 Å². The normalized spacial score (nSPS) is 12.4. The molecule has 0 saturated carbocycles. The lowest BCUT2D eigenvalue weighted by molar-refractivity contribution is -0.136. The van der Waals surface area contributed by atoms with Gasteiger partial charge in [-0.25, -0.2) is 4.90 Å². The third kappa shape index (κ3) is 6.64. The van der Waals surface area contributed by atoms with E-state index in [0.717, 1.165) is 27.3 Å². The fourth-order valence-electron chi connectivity index (χ4n) is 5.88. The number of carbonyl (C=O) groups excluding carboxylic acids is 3. The van der Waals surface area contributed by atoms with Gasteiger partial charge in [-0.05, 0) is 96.4 Å². The molecule has 0 saturated heterocycles. The predicted molar refractivity (Wildman–Crippen MR) is 186 cm³/mol. The molecule has 9 nitrogen and oxygen atoms in total. The molecule has 0 aliphatic carbocycles. The lowest BCUT2D eigenvalue weighted by Gasteiger charge is -2.26. The maximum atomic E-state index is 13.5. The van der Waals surface area contributed by atoms with E-state index in [1.165, 1.54) is 0 Å². The van der Waals surface area contributed by atoms with Crippen LogP contribution in [-0.2, 0) is 16.6 Å². The molecule has 0 bridgehead atoms. The number of fused-ring (bicyclic) bond motifs is 1. The summed E-state index contributed by atoms with van der Waals surface area (Å²) in [6.07, 6.45) is -0.287. The summed E-state index contributed by atoms with van der Waals surface area (Å²) in [5, 5.41) is 12.0. The van der Waals surface area contributed by atoms with E-state index in [1.807, 2.05) is 43.3 Å². The van der Waals surface area contributed by atoms with Gasteiger partial charge in [0.15, 0.2) is 0 Å². The fraction of sp³-hybridized carbons (Fsp3) is 0.150. The molecule has 6 rings (SSSR count). The summed E-state index contributed by atoms with van der Waals surface area (Å²) in [7, 11) is 1.64. The molecule has 0 atom stereocenters. The molecule has 9 heteroatoms. The monoisotopic (exact) mass is 654 g/mol. The summed E-state index contributed by atoms with van der Waals surface area (Å²) < 4.78 is 11.4. The molecule has 0 unspecified atom stereocenters. The van der Waals surface area contributed by atoms with Crippen LogP contribution in [0.5, 0.6) is 17.2 Å². The van der Waals surface area contributed by atoms with Crippen LogP contribution in [0.25, 0.3) is 0 Å². The van der Waals surface area contributed by atoms with Gasteiger partial charge in [0.1, 0.15) is 17.2 Å². The maximum absolute atomic E-state index is 13.5. The lowest BCUT2D eigenvalue weighted by atomic mass is 9.78. The van der Waals surface area contributed by atoms with E-state index in [1.54, 1.807) is 67.8 Å². The number of hydrogen-bond donors (Lipinski definition) is 2. The number of carboxylic acid groups (broad SMARTS) is 1. The highest BCUT2D eigenvalue weighted by molar-refractivity contribution is 6.34. The van der Waals surface area contributed by atoms with Crippen molar-refractivity contribution in [3.05, 3.63) is 148 Å². The van der Waals surface area contributed by atoms with E-state index in [-0.39, 0.29) is 28.5 Å². The number of carbonyl (C=O) groups is 4. The highest BCUT2D eigenvalue weighted by atomic mass is 16.5. The largest absolute Gasteiger partial charge is 0.497 e. The molecule has 5 aromatic carbocycles. The molecule has 3 amide bonds. The van der Waals surface area contributed by atoms with Gasteiger partial charge in [-0.2, -0.15) is 0 Å². The van der Waals surface area contributed by atoms with Gasteiger partial charge in [-0.3, -0.25) is 19.2 Å². The summed E-state index contributed by atoms with van der Waals surface area (Å²) in [5.74, 6) is -0.656. The van der Waals surface area contributed by atoms with Crippen molar-refractivity contribution < 1.29 is 33.8 Å². The fourth-order valence-corrected chi connectivity index (χ4v) is 5.88. The number of carboxylic acids is 1. The molecule has 0 spiro atoms. The number of aryl methyl sites for hydroxylation is 1. The maximum Gasteiger partial charge on any atom is 0.307 e. The second kappa shape index (κ2) is 13.1. The van der Waals surface area contributed by atoms with Crippen LogP contribution in [-0.4, -0.2) is 35.9 Å². The quantitative estimate of drug-likeness (QED) is 0.147. The van der Waals surface area contributed by atoms with Gasteiger partial charge >= 0.3 is 5.97 Å². The minimum Gasteiger partial charge on any atom is -0.497 e. The number of anilines is 2. The van der Waals surface area contributed by atoms with E-state index >= 15 is 0 Å². The van der Waals surface area contributed by atoms with Crippen LogP contribution < -0.4 is 19.7 Å². The summed E-state index contributed by atoms with van der Waals surface area (Å²) in [4.78, 5) is 52.2. The average molecular weight is 655 g/mol. The van der Waals surface area contributed by atoms with Crippen molar-refractivity contribution in [2.24, 2.45) is 0 Å². The number of rotatable bonds is 10. The Labute approximate surface area is 283 Å². The number of imide groups is 1. The standard InChI is InChI=1S/C40H34N2O7/c1-24-5-6-25(22-36(43)44)34(21-24)37(45)41-28-11-13-29(14-12-28)42-38(46)33-20-19-32(23-35(33)39(42)47)49-31-17-9-27(10-18-31)40(2,3)26-7-15-30(48-4)16-8-26/h5-21,23H,22H2,1-4H3,(H,41,45)(H,43,44). The van der Waals surface area contributed by atoms with Crippen molar-refractivity contribution in [2.75, 3.05) is 17.3 Å². The zero-order chi connectivity index (χ0) is 34.9. The number of ether oxygens (including phenoxy) is 2. The number of aliphatic carboxylic acids is 1. The van der Waals surface area contributed by atoms with Crippen LogP contribution in [0, 0.1) is 6.92 Å². The predicted octanol–water partition coefficient (Wildman–Crippen LogP) is 7.80. The van der Waals surface area contributed by atoms with E-state index in [4.69, 9.17) is 9.47 Å². The summed E-state index contributed by atoms with van der Waals surface area (Å²) >= 11 is 0. The number of nitrogens with one attached hydrogen (secondary N) is 1. The van der Waals surface area contributed by atoms with Gasteiger partial charge in [-0.1, -0.05) is 55.8 Å². The number of methoxy groups -OCH3 is 1. The molecular formula is C40H34N2O7. The smallest absolute Gasteiger partial charge is 0.307 e. The van der Waals surface area contributed by atoms with E-state index < -0.39 is 23.7 Å². The van der Waals surface area contributed by atoms with Crippen LogP contribution in [0.3, 0.4) is 0 Å². The first kappa shape index (κ1) is 32.7. The summed E-state index contributed by atoms with van der Waals surface area (Å²) in [6, 6.07) is 31.9. The molecule has 0 aromatic heterocycles. The minimum absolute atomic E-state index is 0.225. The summed E-state index contributed by atoms with van der Waals surface area (Å²) in [6.45, 7) is 6.11. The Morgan fingerprint density at radius 3 is 1.94 bits per heavy atom. The summed E-state index contributed by atoms with van der Waals surface area (Å²) in [5.41, 5.74) is 4.69. The van der Waals surface area contributed by atoms with Gasteiger partial charge in [0.2, 0.25) is 0 Å². The molecule has 0 radical (unpaired) electrons. The van der Waals surface area contributed by atoms with Crippen molar-refractivity contribution in [2.45, 2.75) is 32.6 Å². The molecule has 1 aliphatic heterocycles. The van der Waals surface area contributed by atoms with Gasteiger partial charge in [0.25, 0.3) is 17.7 Å². The number of amides is 3. The number of benzene rings is 5. The number of nitrogens with zero attached hydrogens (tertiary/aromatic N) is 1. The zero-order valence-electron chi connectivity index (χ0n) is 27.4. The highest BCUT2D eigenvalue weighted by Gasteiger charge is 2.37. The van der Waals surface area contributed by atoms with Crippen LogP contribution >= 0.6 is 0 Å².